The van der Waals surface area contributed by atoms with Crippen molar-refractivity contribution in [2.24, 2.45) is 0 Å². The molecule has 0 atom stereocenters. The minimum atomic E-state index is 0.874. The van der Waals surface area contributed by atoms with Gasteiger partial charge in [0.1, 0.15) is 11.4 Å². The van der Waals surface area contributed by atoms with E-state index in [4.69, 9.17) is 9.40 Å². The number of benzene rings is 7. The Morgan fingerprint density at radius 2 is 1.16 bits per heavy atom. The molecule has 200 valence electrons. The second kappa shape index (κ2) is 8.43. The van der Waals surface area contributed by atoms with Gasteiger partial charge in [-0.3, -0.25) is 4.57 Å². The summed E-state index contributed by atoms with van der Waals surface area (Å²) in [6.45, 7) is 0. The number of hydrogen-bond donors (Lipinski definition) is 0. The fourth-order valence-electron chi connectivity index (χ4n) is 7.20. The number of furan rings is 1. The van der Waals surface area contributed by atoms with E-state index in [1.54, 1.807) is 0 Å². The molecule has 43 heavy (non-hydrogen) atoms. The quantitative estimate of drug-likeness (QED) is 0.173. The summed E-state index contributed by atoms with van der Waals surface area (Å²) in [7, 11) is 0. The Balaban J connectivity index is 1.42. The van der Waals surface area contributed by atoms with Crippen LogP contribution in [-0.2, 0) is 0 Å². The van der Waals surface area contributed by atoms with Gasteiger partial charge in [0.25, 0.3) is 0 Å². The van der Waals surface area contributed by atoms with E-state index in [1.165, 1.54) is 32.3 Å². The second-order valence-corrected chi connectivity index (χ2v) is 12.2. The predicted molar refractivity (Wildman–Crippen MR) is 184 cm³/mol. The van der Waals surface area contributed by atoms with Gasteiger partial charge in [-0.05, 0) is 80.2 Å². The molecule has 0 N–H and O–H groups in total. The van der Waals surface area contributed by atoms with Gasteiger partial charge in [-0.1, -0.05) is 94.8 Å². The molecule has 0 unspecified atom stereocenters. The number of rotatable bonds is 1. The zero-order chi connectivity index (χ0) is 28.2. The average molecular weight is 614 g/mol. The van der Waals surface area contributed by atoms with Crippen molar-refractivity contribution in [2.45, 2.75) is 0 Å². The van der Waals surface area contributed by atoms with Crippen molar-refractivity contribution in [3.8, 4) is 5.82 Å². The zero-order valence-corrected chi connectivity index (χ0v) is 24.4. The molecule has 3 nitrogen and oxygen atoms in total. The van der Waals surface area contributed by atoms with Crippen molar-refractivity contribution in [3.63, 3.8) is 0 Å². The Labute approximate surface area is 253 Å². The lowest BCUT2D eigenvalue weighted by Gasteiger charge is -2.10. The van der Waals surface area contributed by atoms with Crippen LogP contribution in [0.5, 0.6) is 0 Å². The van der Waals surface area contributed by atoms with E-state index in [2.05, 4.69) is 142 Å². The first kappa shape index (κ1) is 23.4. The van der Waals surface area contributed by atoms with Crippen molar-refractivity contribution in [1.82, 2.24) is 9.55 Å². The maximum absolute atomic E-state index is 6.91. The molecular formula is C39H21BrN2O. The number of aromatic nitrogens is 2. The maximum Gasteiger partial charge on any atom is 0.160 e. The summed E-state index contributed by atoms with van der Waals surface area (Å²) in [5.41, 5.74) is 3.89. The van der Waals surface area contributed by atoms with Crippen molar-refractivity contribution in [2.75, 3.05) is 0 Å². The number of fused-ring (bicyclic) bond motifs is 14. The third-order valence-electron chi connectivity index (χ3n) is 9.06. The van der Waals surface area contributed by atoms with Gasteiger partial charge in [-0.15, -0.1) is 0 Å². The first-order valence-electron chi connectivity index (χ1n) is 14.4. The molecule has 0 saturated heterocycles. The zero-order valence-electron chi connectivity index (χ0n) is 22.8. The molecule has 0 aliphatic carbocycles. The van der Waals surface area contributed by atoms with Gasteiger partial charge in [-0.25, -0.2) is 4.98 Å². The van der Waals surface area contributed by atoms with Crippen LogP contribution in [0.25, 0.3) is 92.7 Å². The van der Waals surface area contributed by atoms with Crippen LogP contribution < -0.4 is 0 Å². The summed E-state index contributed by atoms with van der Waals surface area (Å²) in [5.74, 6) is 0.899. The van der Waals surface area contributed by atoms with E-state index < -0.39 is 0 Å². The molecule has 10 rings (SSSR count). The fourth-order valence-corrected chi connectivity index (χ4v) is 7.56. The van der Waals surface area contributed by atoms with E-state index in [0.717, 1.165) is 64.8 Å². The fraction of sp³-hybridized carbons (Fsp3) is 0. The molecule has 0 bridgehead atoms. The Kier molecular flexibility index (Phi) is 4.59. The molecule has 0 radical (unpaired) electrons. The van der Waals surface area contributed by atoms with Crippen LogP contribution in [0.1, 0.15) is 0 Å². The highest BCUT2D eigenvalue weighted by molar-refractivity contribution is 9.10. The SMILES string of the molecule is Brc1ccc2c(c1)c1ccc3c4cc5c6ccccc6c6ccccc6c5cc4oc3c1n2-c1nccc2ccccc12. The second-order valence-electron chi connectivity index (χ2n) is 11.3. The minimum Gasteiger partial charge on any atom is -0.454 e. The van der Waals surface area contributed by atoms with Gasteiger partial charge in [0.05, 0.1) is 11.0 Å². The summed E-state index contributed by atoms with van der Waals surface area (Å²) >= 11 is 3.72. The molecule has 0 amide bonds. The van der Waals surface area contributed by atoms with E-state index >= 15 is 0 Å². The van der Waals surface area contributed by atoms with Crippen molar-refractivity contribution in [1.29, 1.82) is 0 Å². The molecule has 10 aromatic rings. The van der Waals surface area contributed by atoms with E-state index in [-0.39, 0.29) is 0 Å². The molecule has 3 heterocycles. The Bertz CT molecular complexity index is 2800. The van der Waals surface area contributed by atoms with Crippen LogP contribution in [0.2, 0.25) is 0 Å². The Morgan fingerprint density at radius 3 is 1.93 bits per heavy atom. The molecule has 7 aromatic carbocycles. The van der Waals surface area contributed by atoms with E-state index in [0.29, 0.717) is 0 Å². The molecular weight excluding hydrogens is 592 g/mol. The first-order valence-corrected chi connectivity index (χ1v) is 15.2. The smallest absolute Gasteiger partial charge is 0.160 e. The Morgan fingerprint density at radius 1 is 0.512 bits per heavy atom. The summed E-state index contributed by atoms with van der Waals surface area (Å²) in [5, 5.41) is 14.2. The molecule has 4 heteroatoms. The summed E-state index contributed by atoms with van der Waals surface area (Å²) in [6, 6.07) is 43.4. The lowest BCUT2D eigenvalue weighted by atomic mass is 9.93. The Hall–Kier alpha value is -5.19. The molecule has 3 aromatic heterocycles. The standard InChI is InChI=1S/C39H21BrN2O/c40-23-13-16-35-33(19-23)29-14-15-30-34-20-31-27-11-5-3-9-25(27)26-10-4-6-12-28(26)32(31)21-36(34)43-38(30)37(29)42(35)39-24-8-2-1-7-22(24)17-18-41-39/h1-21H. The van der Waals surface area contributed by atoms with Crippen LogP contribution in [0.4, 0.5) is 0 Å². The number of halogens is 1. The number of nitrogens with zero attached hydrogens (tertiary/aromatic N) is 2. The summed E-state index contributed by atoms with van der Waals surface area (Å²) in [4.78, 5) is 4.96. The van der Waals surface area contributed by atoms with Crippen molar-refractivity contribution >= 4 is 103 Å². The van der Waals surface area contributed by atoms with Gasteiger partial charge >= 0.3 is 0 Å². The molecule has 0 aliphatic rings. The first-order chi connectivity index (χ1) is 21.2. The van der Waals surface area contributed by atoms with Gasteiger partial charge in [0.2, 0.25) is 0 Å². The van der Waals surface area contributed by atoms with E-state index in [1.807, 2.05) is 6.20 Å². The van der Waals surface area contributed by atoms with Crippen molar-refractivity contribution < 1.29 is 4.42 Å². The lowest BCUT2D eigenvalue weighted by molar-refractivity contribution is 0.671. The molecule has 0 aliphatic heterocycles. The number of hydrogen-bond acceptors (Lipinski definition) is 2. The number of pyridine rings is 1. The molecule has 0 spiro atoms. The van der Waals surface area contributed by atoms with Crippen LogP contribution in [0.3, 0.4) is 0 Å². The highest BCUT2D eigenvalue weighted by Crippen LogP contribution is 2.44. The average Bonchev–Trinajstić information content (AvgIpc) is 3.58. The van der Waals surface area contributed by atoms with Gasteiger partial charge < -0.3 is 4.42 Å². The third-order valence-corrected chi connectivity index (χ3v) is 9.55. The monoisotopic (exact) mass is 612 g/mol. The van der Waals surface area contributed by atoms with Crippen LogP contribution in [-0.4, -0.2) is 9.55 Å². The lowest BCUT2D eigenvalue weighted by Crippen LogP contribution is -1.98. The highest BCUT2D eigenvalue weighted by Gasteiger charge is 2.22. The molecule has 0 fully saturated rings. The summed E-state index contributed by atoms with van der Waals surface area (Å²) < 4.78 is 10.2. The maximum atomic E-state index is 6.91. The highest BCUT2D eigenvalue weighted by atomic mass is 79.9. The van der Waals surface area contributed by atoms with E-state index in [9.17, 15) is 0 Å². The van der Waals surface area contributed by atoms with Crippen LogP contribution in [0, 0.1) is 0 Å². The van der Waals surface area contributed by atoms with Gasteiger partial charge in [-0.2, -0.15) is 0 Å². The van der Waals surface area contributed by atoms with Crippen LogP contribution in [0.15, 0.2) is 136 Å². The normalized spacial score (nSPS) is 12.3. The largest absolute Gasteiger partial charge is 0.454 e. The summed E-state index contributed by atoms with van der Waals surface area (Å²) in [6.07, 6.45) is 1.90. The predicted octanol–water partition coefficient (Wildman–Crippen LogP) is 11.5. The van der Waals surface area contributed by atoms with Crippen molar-refractivity contribution in [3.05, 3.63) is 132 Å². The topological polar surface area (TPSA) is 31.0 Å². The third kappa shape index (κ3) is 3.11. The minimum absolute atomic E-state index is 0.874. The van der Waals surface area contributed by atoms with Gasteiger partial charge in [0, 0.05) is 37.6 Å². The van der Waals surface area contributed by atoms with Crippen LogP contribution >= 0.6 is 15.9 Å². The van der Waals surface area contributed by atoms with Gasteiger partial charge in [0.15, 0.2) is 5.58 Å². The molecule has 0 saturated carbocycles.